The minimum Gasteiger partial charge on any atom is -0.477 e. The number of aromatic carboxylic acids is 1. The predicted molar refractivity (Wildman–Crippen MR) is 114 cm³/mol. The number of aromatic amines is 1. The van der Waals surface area contributed by atoms with Crippen molar-refractivity contribution < 1.29 is 14.7 Å². The Balaban J connectivity index is 1.50. The largest absolute Gasteiger partial charge is 0.477 e. The van der Waals surface area contributed by atoms with Gasteiger partial charge in [0.05, 0.1) is 6.42 Å². The van der Waals surface area contributed by atoms with Crippen molar-refractivity contribution in [3.05, 3.63) is 65.4 Å². The third kappa shape index (κ3) is 3.70. The molecular weight excluding hydrogens is 366 g/mol. The lowest BCUT2D eigenvalue weighted by Crippen LogP contribution is -2.54. The number of rotatable bonds is 4. The molecule has 2 N–H and O–H groups in total. The highest BCUT2D eigenvalue weighted by molar-refractivity contribution is 6.00. The molecule has 1 aliphatic rings. The van der Waals surface area contributed by atoms with Gasteiger partial charge < -0.3 is 19.9 Å². The first-order valence-corrected chi connectivity index (χ1v) is 9.88. The summed E-state index contributed by atoms with van der Waals surface area (Å²) < 4.78 is 0. The van der Waals surface area contributed by atoms with Gasteiger partial charge in [-0.25, -0.2) is 4.79 Å². The van der Waals surface area contributed by atoms with Gasteiger partial charge in [-0.3, -0.25) is 4.79 Å². The number of hydrogen-bond acceptors (Lipinski definition) is 3. The molecule has 1 aromatic heterocycles. The summed E-state index contributed by atoms with van der Waals surface area (Å²) in [5.41, 5.74) is 3.80. The molecule has 2 aromatic carbocycles. The highest BCUT2D eigenvalue weighted by atomic mass is 16.4. The molecule has 1 atom stereocenters. The van der Waals surface area contributed by atoms with Crippen LogP contribution in [0.2, 0.25) is 0 Å². The lowest BCUT2D eigenvalue weighted by molar-refractivity contribution is -0.131. The lowest BCUT2D eigenvalue weighted by atomic mass is 10.1. The molecule has 3 aromatic rings. The average molecular weight is 391 g/mol. The van der Waals surface area contributed by atoms with E-state index in [2.05, 4.69) is 48.0 Å². The summed E-state index contributed by atoms with van der Waals surface area (Å²) in [5, 5.41) is 10.3. The fraction of sp³-hybridized carbons (Fsp3) is 0.304. The predicted octanol–water partition coefficient (Wildman–Crippen LogP) is 3.45. The van der Waals surface area contributed by atoms with Crippen molar-refractivity contribution >= 4 is 28.5 Å². The molecule has 1 saturated heterocycles. The monoisotopic (exact) mass is 391 g/mol. The number of amides is 1. The van der Waals surface area contributed by atoms with Gasteiger partial charge in [0.25, 0.3) is 0 Å². The Bertz CT molecular complexity index is 1050. The number of anilines is 1. The van der Waals surface area contributed by atoms with Crippen molar-refractivity contribution in [2.24, 2.45) is 0 Å². The summed E-state index contributed by atoms with van der Waals surface area (Å²) in [6.07, 6.45) is 0.0862. The van der Waals surface area contributed by atoms with E-state index in [1.54, 1.807) is 0 Å². The summed E-state index contributed by atoms with van der Waals surface area (Å²) in [7, 11) is 0. The van der Waals surface area contributed by atoms with Crippen molar-refractivity contribution in [2.75, 3.05) is 24.5 Å². The van der Waals surface area contributed by atoms with Gasteiger partial charge >= 0.3 is 5.97 Å². The van der Waals surface area contributed by atoms with Gasteiger partial charge in [-0.05, 0) is 32.0 Å². The fourth-order valence-corrected chi connectivity index (χ4v) is 4.13. The number of benzene rings is 2. The molecule has 1 unspecified atom stereocenters. The smallest absolute Gasteiger partial charge is 0.352 e. The van der Waals surface area contributed by atoms with Crippen LogP contribution in [0.3, 0.4) is 0 Å². The summed E-state index contributed by atoms with van der Waals surface area (Å²) in [6, 6.07) is 16.0. The summed E-state index contributed by atoms with van der Waals surface area (Å²) in [6.45, 7) is 6.20. The maximum Gasteiger partial charge on any atom is 0.352 e. The Hall–Kier alpha value is -3.28. The Morgan fingerprint density at radius 3 is 2.52 bits per heavy atom. The van der Waals surface area contributed by atoms with Crippen molar-refractivity contribution in [3.8, 4) is 0 Å². The number of aromatic nitrogens is 1. The van der Waals surface area contributed by atoms with Crippen LogP contribution in [0.1, 0.15) is 28.5 Å². The molecule has 0 aliphatic carbocycles. The molecule has 1 amide bonds. The fourth-order valence-electron chi connectivity index (χ4n) is 4.13. The van der Waals surface area contributed by atoms with E-state index in [1.165, 1.54) is 11.3 Å². The first kappa shape index (κ1) is 19.1. The van der Waals surface area contributed by atoms with Gasteiger partial charge in [-0.1, -0.05) is 35.9 Å². The summed E-state index contributed by atoms with van der Waals surface area (Å²) in [5.74, 6) is -1.07. The maximum atomic E-state index is 13.0. The van der Waals surface area contributed by atoms with Crippen LogP contribution in [-0.2, 0) is 11.2 Å². The van der Waals surface area contributed by atoms with E-state index in [0.29, 0.717) is 18.7 Å². The van der Waals surface area contributed by atoms with E-state index in [-0.39, 0.29) is 24.1 Å². The van der Waals surface area contributed by atoms with E-state index in [1.807, 2.05) is 29.2 Å². The van der Waals surface area contributed by atoms with Gasteiger partial charge in [0.2, 0.25) is 5.91 Å². The zero-order valence-corrected chi connectivity index (χ0v) is 16.7. The Kier molecular flexibility index (Phi) is 5.01. The van der Waals surface area contributed by atoms with E-state index in [4.69, 9.17) is 0 Å². The SMILES string of the molecule is Cc1ccc(N2CCN(C(=O)Cc3c(C(=O)O)[nH]c4ccccc34)CC2C)cc1. The van der Waals surface area contributed by atoms with E-state index < -0.39 is 5.97 Å². The Morgan fingerprint density at radius 2 is 1.83 bits per heavy atom. The number of carbonyl (C=O) groups excluding carboxylic acids is 1. The quantitative estimate of drug-likeness (QED) is 0.714. The summed E-state index contributed by atoms with van der Waals surface area (Å²) in [4.78, 5) is 31.8. The van der Waals surface area contributed by atoms with Crippen LogP contribution in [-0.4, -0.2) is 52.5 Å². The molecule has 2 heterocycles. The van der Waals surface area contributed by atoms with Crippen LogP contribution < -0.4 is 4.90 Å². The minimum atomic E-state index is -1.04. The number of fused-ring (bicyclic) bond motifs is 1. The number of piperazine rings is 1. The normalized spacial score (nSPS) is 17.0. The number of H-pyrrole nitrogens is 1. The molecule has 29 heavy (non-hydrogen) atoms. The van der Waals surface area contributed by atoms with E-state index in [9.17, 15) is 14.7 Å². The van der Waals surface area contributed by atoms with Crippen LogP contribution in [0.5, 0.6) is 0 Å². The lowest BCUT2D eigenvalue weighted by Gasteiger charge is -2.41. The van der Waals surface area contributed by atoms with Gasteiger partial charge in [0.1, 0.15) is 5.69 Å². The van der Waals surface area contributed by atoms with Crippen molar-refractivity contribution in [1.29, 1.82) is 0 Å². The third-order valence-corrected chi connectivity index (χ3v) is 5.70. The second-order valence-corrected chi connectivity index (χ2v) is 7.72. The molecule has 1 fully saturated rings. The topological polar surface area (TPSA) is 76.6 Å². The van der Waals surface area contributed by atoms with Gasteiger partial charge in [-0.2, -0.15) is 0 Å². The second kappa shape index (κ2) is 7.62. The highest BCUT2D eigenvalue weighted by Gasteiger charge is 2.28. The van der Waals surface area contributed by atoms with Crippen molar-refractivity contribution in [3.63, 3.8) is 0 Å². The zero-order valence-electron chi connectivity index (χ0n) is 16.7. The molecule has 0 radical (unpaired) electrons. The van der Waals surface area contributed by atoms with Gasteiger partial charge in [-0.15, -0.1) is 0 Å². The second-order valence-electron chi connectivity index (χ2n) is 7.72. The van der Waals surface area contributed by atoms with Crippen LogP contribution in [0.25, 0.3) is 10.9 Å². The van der Waals surface area contributed by atoms with Gasteiger partial charge in [0, 0.05) is 47.8 Å². The average Bonchev–Trinajstić information content (AvgIpc) is 3.07. The standard InChI is InChI=1S/C23H25N3O3/c1-15-7-9-17(10-8-15)26-12-11-25(14-16(26)2)21(27)13-19-18-5-3-4-6-20(18)24-22(19)23(28)29/h3-10,16,24H,11-14H2,1-2H3,(H,28,29). The van der Waals surface area contributed by atoms with Crippen molar-refractivity contribution in [2.45, 2.75) is 26.3 Å². The Morgan fingerprint density at radius 1 is 1.10 bits per heavy atom. The molecule has 4 rings (SSSR count). The van der Waals surface area contributed by atoms with Crippen LogP contribution in [0.4, 0.5) is 5.69 Å². The zero-order chi connectivity index (χ0) is 20.5. The van der Waals surface area contributed by atoms with E-state index >= 15 is 0 Å². The van der Waals surface area contributed by atoms with Crippen molar-refractivity contribution in [1.82, 2.24) is 9.88 Å². The highest BCUT2D eigenvalue weighted by Crippen LogP contribution is 2.25. The van der Waals surface area contributed by atoms with Crippen LogP contribution >= 0.6 is 0 Å². The molecule has 6 nitrogen and oxygen atoms in total. The first-order chi connectivity index (χ1) is 13.9. The molecule has 6 heteroatoms. The number of hydrogen-bond donors (Lipinski definition) is 2. The molecule has 0 spiro atoms. The number of carbonyl (C=O) groups is 2. The molecule has 0 bridgehead atoms. The van der Waals surface area contributed by atoms with Crippen LogP contribution in [0, 0.1) is 6.92 Å². The molecular formula is C23H25N3O3. The maximum absolute atomic E-state index is 13.0. The minimum absolute atomic E-state index is 0.0346. The Labute approximate surface area is 169 Å². The molecule has 150 valence electrons. The molecule has 0 saturated carbocycles. The number of aryl methyl sites for hydroxylation is 1. The number of nitrogens with one attached hydrogen (secondary N) is 1. The number of carboxylic acids is 1. The number of para-hydroxylation sites is 1. The number of carboxylic acid groups (broad SMARTS) is 1. The van der Waals surface area contributed by atoms with E-state index in [0.717, 1.165) is 17.4 Å². The van der Waals surface area contributed by atoms with Gasteiger partial charge in [0.15, 0.2) is 0 Å². The molecule has 1 aliphatic heterocycles. The first-order valence-electron chi connectivity index (χ1n) is 9.88. The third-order valence-electron chi connectivity index (χ3n) is 5.70. The van der Waals surface area contributed by atoms with Crippen LogP contribution in [0.15, 0.2) is 48.5 Å². The number of nitrogens with zero attached hydrogens (tertiary/aromatic N) is 2. The summed E-state index contributed by atoms with van der Waals surface area (Å²) >= 11 is 0.